The first-order valence-corrected chi connectivity index (χ1v) is 5.48. The topological polar surface area (TPSA) is 28.7 Å². The lowest BCUT2D eigenvalue weighted by molar-refractivity contribution is 1.16. The van der Waals surface area contributed by atoms with Crippen molar-refractivity contribution >= 4 is 6.08 Å². The van der Waals surface area contributed by atoms with Gasteiger partial charge < -0.3 is 4.98 Å². The quantitative estimate of drug-likeness (QED) is 0.831. The van der Waals surface area contributed by atoms with Crippen molar-refractivity contribution in [3.05, 3.63) is 59.2 Å². The number of aromatic amines is 1. The van der Waals surface area contributed by atoms with E-state index in [1.165, 1.54) is 16.7 Å². The molecule has 2 rings (SSSR count). The van der Waals surface area contributed by atoms with Gasteiger partial charge in [-0.05, 0) is 43.0 Å². The SMILES string of the molecule is Cc1cccc(C)c1C/C=C/c1ncc[nH]1. The molecule has 0 spiro atoms. The minimum Gasteiger partial charge on any atom is -0.345 e. The van der Waals surface area contributed by atoms with Crippen molar-refractivity contribution in [3.63, 3.8) is 0 Å². The molecule has 2 nitrogen and oxygen atoms in total. The summed E-state index contributed by atoms with van der Waals surface area (Å²) in [7, 11) is 0. The van der Waals surface area contributed by atoms with Gasteiger partial charge in [-0.1, -0.05) is 24.3 Å². The number of H-pyrrole nitrogens is 1. The highest BCUT2D eigenvalue weighted by atomic mass is 14.9. The summed E-state index contributed by atoms with van der Waals surface area (Å²) in [6.07, 6.45) is 8.72. The van der Waals surface area contributed by atoms with Crippen LogP contribution in [0.25, 0.3) is 6.08 Å². The Morgan fingerprint density at radius 3 is 2.62 bits per heavy atom. The Balaban J connectivity index is 2.10. The first-order chi connectivity index (χ1) is 7.77. The van der Waals surface area contributed by atoms with E-state index in [4.69, 9.17) is 0 Å². The molecule has 0 atom stereocenters. The van der Waals surface area contributed by atoms with E-state index in [2.05, 4.69) is 48.1 Å². The normalized spacial score (nSPS) is 11.1. The number of imidazole rings is 1. The molecule has 82 valence electrons. The number of aryl methyl sites for hydroxylation is 2. The van der Waals surface area contributed by atoms with Crippen molar-refractivity contribution in [2.45, 2.75) is 20.3 Å². The summed E-state index contributed by atoms with van der Waals surface area (Å²) >= 11 is 0. The third kappa shape index (κ3) is 2.40. The zero-order valence-electron chi connectivity index (χ0n) is 9.70. The molecule has 0 aliphatic rings. The van der Waals surface area contributed by atoms with Crippen LogP contribution in [0, 0.1) is 13.8 Å². The Kier molecular flexibility index (Phi) is 3.20. The average Bonchev–Trinajstić information content (AvgIpc) is 2.75. The summed E-state index contributed by atoms with van der Waals surface area (Å²) < 4.78 is 0. The van der Waals surface area contributed by atoms with E-state index in [0.29, 0.717) is 0 Å². The molecule has 0 aliphatic heterocycles. The zero-order valence-corrected chi connectivity index (χ0v) is 9.70. The molecule has 0 fully saturated rings. The summed E-state index contributed by atoms with van der Waals surface area (Å²) in [4.78, 5) is 7.20. The number of aromatic nitrogens is 2. The van der Waals surface area contributed by atoms with Gasteiger partial charge in [-0.25, -0.2) is 4.98 Å². The average molecular weight is 212 g/mol. The number of allylic oxidation sites excluding steroid dienone is 1. The fraction of sp³-hybridized carbons (Fsp3) is 0.214. The van der Waals surface area contributed by atoms with Gasteiger partial charge in [0.15, 0.2) is 0 Å². The van der Waals surface area contributed by atoms with Crippen LogP contribution in [0.3, 0.4) is 0 Å². The fourth-order valence-corrected chi connectivity index (χ4v) is 1.83. The molecule has 0 radical (unpaired) electrons. The molecule has 1 N–H and O–H groups in total. The van der Waals surface area contributed by atoms with Gasteiger partial charge in [-0.3, -0.25) is 0 Å². The fourth-order valence-electron chi connectivity index (χ4n) is 1.83. The Morgan fingerprint density at radius 1 is 1.25 bits per heavy atom. The van der Waals surface area contributed by atoms with E-state index in [0.717, 1.165) is 12.2 Å². The lowest BCUT2D eigenvalue weighted by atomic mass is 10.00. The summed E-state index contributed by atoms with van der Waals surface area (Å²) in [6.45, 7) is 4.31. The van der Waals surface area contributed by atoms with Crippen LogP contribution in [0.2, 0.25) is 0 Å². The minimum atomic E-state index is 0.909. The van der Waals surface area contributed by atoms with Crippen molar-refractivity contribution in [1.82, 2.24) is 9.97 Å². The molecule has 0 bridgehead atoms. The van der Waals surface area contributed by atoms with Gasteiger partial charge in [0.25, 0.3) is 0 Å². The molecule has 0 saturated carbocycles. The molecular formula is C14H16N2. The third-order valence-corrected chi connectivity index (χ3v) is 2.76. The summed E-state index contributed by atoms with van der Waals surface area (Å²) in [5, 5.41) is 0. The number of nitrogens with one attached hydrogen (secondary N) is 1. The smallest absolute Gasteiger partial charge is 0.129 e. The van der Waals surface area contributed by atoms with Crippen LogP contribution in [0.1, 0.15) is 22.5 Å². The predicted octanol–water partition coefficient (Wildman–Crippen LogP) is 3.28. The van der Waals surface area contributed by atoms with E-state index in [1.54, 1.807) is 6.20 Å². The Morgan fingerprint density at radius 2 is 2.00 bits per heavy atom. The molecule has 2 heteroatoms. The van der Waals surface area contributed by atoms with E-state index >= 15 is 0 Å². The molecule has 1 aromatic carbocycles. The van der Waals surface area contributed by atoms with Gasteiger partial charge in [-0.2, -0.15) is 0 Å². The zero-order chi connectivity index (χ0) is 11.4. The Hall–Kier alpha value is -1.83. The second-order valence-corrected chi connectivity index (χ2v) is 3.95. The molecule has 1 heterocycles. The minimum absolute atomic E-state index is 0.909. The Labute approximate surface area is 96.1 Å². The van der Waals surface area contributed by atoms with Gasteiger partial charge in [0.1, 0.15) is 5.82 Å². The van der Waals surface area contributed by atoms with Gasteiger partial charge in [-0.15, -0.1) is 0 Å². The second-order valence-electron chi connectivity index (χ2n) is 3.95. The first kappa shape index (κ1) is 10.7. The van der Waals surface area contributed by atoms with E-state index in [-0.39, 0.29) is 0 Å². The lowest BCUT2D eigenvalue weighted by Gasteiger charge is -2.06. The van der Waals surface area contributed by atoms with Gasteiger partial charge in [0, 0.05) is 12.4 Å². The first-order valence-electron chi connectivity index (χ1n) is 5.48. The second kappa shape index (κ2) is 4.79. The standard InChI is InChI=1S/C14H16N2/c1-11-5-3-6-12(2)13(11)7-4-8-14-15-9-10-16-14/h3-6,8-10H,7H2,1-2H3,(H,15,16)/b8-4+. The molecular weight excluding hydrogens is 196 g/mol. The highest BCUT2D eigenvalue weighted by Crippen LogP contribution is 2.14. The molecule has 0 aliphatic carbocycles. The van der Waals surface area contributed by atoms with Crippen LogP contribution >= 0.6 is 0 Å². The number of benzene rings is 1. The van der Waals surface area contributed by atoms with E-state index in [9.17, 15) is 0 Å². The third-order valence-electron chi connectivity index (χ3n) is 2.76. The van der Waals surface area contributed by atoms with Gasteiger partial charge in [0.05, 0.1) is 0 Å². The number of rotatable bonds is 3. The molecule has 16 heavy (non-hydrogen) atoms. The number of hydrogen-bond acceptors (Lipinski definition) is 1. The van der Waals surface area contributed by atoms with Crippen molar-refractivity contribution in [1.29, 1.82) is 0 Å². The maximum atomic E-state index is 4.15. The van der Waals surface area contributed by atoms with E-state index in [1.807, 2.05) is 12.3 Å². The van der Waals surface area contributed by atoms with Crippen LogP contribution in [-0.2, 0) is 6.42 Å². The van der Waals surface area contributed by atoms with Crippen molar-refractivity contribution in [2.75, 3.05) is 0 Å². The van der Waals surface area contributed by atoms with Crippen molar-refractivity contribution in [3.8, 4) is 0 Å². The van der Waals surface area contributed by atoms with Gasteiger partial charge in [0.2, 0.25) is 0 Å². The van der Waals surface area contributed by atoms with Crippen LogP contribution in [0.5, 0.6) is 0 Å². The lowest BCUT2D eigenvalue weighted by Crippen LogP contribution is -1.91. The van der Waals surface area contributed by atoms with Gasteiger partial charge >= 0.3 is 0 Å². The highest BCUT2D eigenvalue weighted by molar-refractivity contribution is 5.43. The molecule has 0 saturated heterocycles. The molecule has 2 aromatic rings. The number of nitrogens with zero attached hydrogens (tertiary/aromatic N) is 1. The van der Waals surface area contributed by atoms with Crippen molar-refractivity contribution < 1.29 is 0 Å². The van der Waals surface area contributed by atoms with Crippen LogP contribution < -0.4 is 0 Å². The maximum Gasteiger partial charge on any atom is 0.129 e. The summed E-state index contributed by atoms with van der Waals surface area (Å²) in [5.74, 6) is 0.909. The highest BCUT2D eigenvalue weighted by Gasteiger charge is 1.99. The maximum absolute atomic E-state index is 4.15. The number of hydrogen-bond donors (Lipinski definition) is 1. The monoisotopic (exact) mass is 212 g/mol. The van der Waals surface area contributed by atoms with Crippen molar-refractivity contribution in [2.24, 2.45) is 0 Å². The Bertz CT molecular complexity index is 461. The molecule has 1 aromatic heterocycles. The van der Waals surface area contributed by atoms with Crippen LogP contribution in [0.4, 0.5) is 0 Å². The molecule has 0 amide bonds. The van der Waals surface area contributed by atoms with E-state index < -0.39 is 0 Å². The largest absolute Gasteiger partial charge is 0.345 e. The predicted molar refractivity (Wildman–Crippen MR) is 67.2 cm³/mol. The van der Waals surface area contributed by atoms with Crippen LogP contribution in [-0.4, -0.2) is 9.97 Å². The van der Waals surface area contributed by atoms with Crippen LogP contribution in [0.15, 0.2) is 36.7 Å². The summed E-state index contributed by atoms with van der Waals surface area (Å²) in [5.41, 5.74) is 4.11. The summed E-state index contributed by atoms with van der Waals surface area (Å²) in [6, 6.07) is 6.41. The molecule has 0 unspecified atom stereocenters.